The van der Waals surface area contributed by atoms with Crippen LogP contribution in [0.25, 0.3) is 6.08 Å². The predicted molar refractivity (Wildman–Crippen MR) is 104 cm³/mol. The van der Waals surface area contributed by atoms with Crippen molar-refractivity contribution in [2.45, 2.75) is 6.54 Å². The van der Waals surface area contributed by atoms with Gasteiger partial charge in [0.2, 0.25) is 0 Å². The van der Waals surface area contributed by atoms with E-state index in [0.717, 1.165) is 16.7 Å². The predicted octanol–water partition coefficient (Wildman–Crippen LogP) is 6.54. The molecule has 1 saturated heterocycles. The first-order chi connectivity index (χ1) is 11.9. The molecule has 0 spiro atoms. The van der Waals surface area contributed by atoms with Gasteiger partial charge in [0.05, 0.1) is 11.4 Å². The van der Waals surface area contributed by atoms with Crippen molar-refractivity contribution in [1.82, 2.24) is 4.90 Å². The Morgan fingerprint density at radius 3 is 1.96 bits per heavy atom. The lowest BCUT2D eigenvalue weighted by Gasteiger charge is -2.14. The zero-order valence-electron chi connectivity index (χ0n) is 12.4. The molecule has 2 amide bonds. The molecule has 1 heterocycles. The van der Waals surface area contributed by atoms with Crippen LogP contribution in [0.1, 0.15) is 11.1 Å². The van der Waals surface area contributed by atoms with Gasteiger partial charge in [-0.2, -0.15) is 0 Å². The summed E-state index contributed by atoms with van der Waals surface area (Å²) in [6, 6.07) is 10.0. The number of hydrogen-bond acceptors (Lipinski definition) is 3. The van der Waals surface area contributed by atoms with Crippen molar-refractivity contribution in [3.8, 4) is 0 Å². The molecule has 0 aliphatic carbocycles. The highest BCUT2D eigenvalue weighted by Crippen LogP contribution is 2.37. The quantitative estimate of drug-likeness (QED) is 0.517. The number of halogens is 4. The summed E-state index contributed by atoms with van der Waals surface area (Å²) in [5.74, 6) is -0.443. The van der Waals surface area contributed by atoms with Crippen LogP contribution in [-0.4, -0.2) is 16.0 Å². The molecule has 8 heteroatoms. The molecular weight excluding hydrogens is 424 g/mol. The minimum atomic E-state index is -0.443. The number of thioether (sulfide) groups is 1. The van der Waals surface area contributed by atoms with E-state index in [4.69, 9.17) is 46.4 Å². The SMILES string of the molecule is O=C1S/C(=C\c2c(Cl)cccc2Cl)C(=O)N1Cc1c(Cl)cccc1Cl. The number of hydrogen-bond donors (Lipinski definition) is 0. The van der Waals surface area contributed by atoms with E-state index in [1.807, 2.05) is 0 Å². The Bertz CT molecular complexity index is 873. The third-order valence-electron chi connectivity index (χ3n) is 3.53. The minimum Gasteiger partial charge on any atom is -0.268 e. The van der Waals surface area contributed by atoms with Crippen LogP contribution >= 0.6 is 58.2 Å². The van der Waals surface area contributed by atoms with Crippen LogP contribution < -0.4 is 0 Å². The highest BCUT2D eigenvalue weighted by Gasteiger charge is 2.36. The van der Waals surface area contributed by atoms with E-state index in [9.17, 15) is 9.59 Å². The van der Waals surface area contributed by atoms with Crippen LogP contribution in [0.2, 0.25) is 20.1 Å². The fraction of sp³-hybridized carbons (Fsp3) is 0.0588. The van der Waals surface area contributed by atoms with E-state index in [-0.39, 0.29) is 11.4 Å². The first kappa shape index (κ1) is 18.6. The number of carbonyl (C=O) groups is 2. The van der Waals surface area contributed by atoms with Gasteiger partial charge in [-0.3, -0.25) is 14.5 Å². The Hall–Kier alpha value is -1.17. The Labute approximate surface area is 168 Å². The van der Waals surface area contributed by atoms with Crippen LogP contribution in [0.4, 0.5) is 4.79 Å². The summed E-state index contributed by atoms with van der Waals surface area (Å²) in [7, 11) is 0. The Balaban J connectivity index is 1.92. The summed E-state index contributed by atoms with van der Waals surface area (Å²) in [6.07, 6.45) is 1.52. The molecule has 0 unspecified atom stereocenters. The number of amides is 2. The molecule has 0 saturated carbocycles. The minimum absolute atomic E-state index is 0.00321. The standard InChI is InChI=1S/C17H9Cl4NO2S/c18-11-3-1-4-12(19)9(11)7-15-16(23)22(17(24)25-15)8-10-13(20)5-2-6-14(10)21/h1-7H,8H2/b15-7-. The third-order valence-corrected chi connectivity index (χ3v) is 5.80. The number of benzene rings is 2. The first-order valence-electron chi connectivity index (χ1n) is 7.00. The van der Waals surface area contributed by atoms with Crippen molar-refractivity contribution < 1.29 is 9.59 Å². The van der Waals surface area contributed by atoms with Crippen molar-refractivity contribution in [3.63, 3.8) is 0 Å². The van der Waals surface area contributed by atoms with E-state index in [0.29, 0.717) is 31.2 Å². The third kappa shape index (κ3) is 3.83. The molecule has 1 fully saturated rings. The molecule has 0 N–H and O–H groups in total. The summed E-state index contributed by atoms with van der Waals surface area (Å²) in [6.45, 7) is -0.00321. The van der Waals surface area contributed by atoms with Crippen LogP contribution in [0.5, 0.6) is 0 Å². The van der Waals surface area contributed by atoms with E-state index in [1.54, 1.807) is 36.4 Å². The second kappa shape index (κ2) is 7.60. The molecule has 0 atom stereocenters. The van der Waals surface area contributed by atoms with Crippen LogP contribution in [0, 0.1) is 0 Å². The second-order valence-electron chi connectivity index (χ2n) is 5.10. The fourth-order valence-electron chi connectivity index (χ4n) is 2.26. The number of carbonyl (C=O) groups excluding carboxylic acids is 2. The van der Waals surface area contributed by atoms with E-state index < -0.39 is 11.1 Å². The normalized spacial score (nSPS) is 16.2. The maximum atomic E-state index is 12.6. The molecule has 0 bridgehead atoms. The van der Waals surface area contributed by atoms with Gasteiger partial charge in [0, 0.05) is 31.2 Å². The molecule has 25 heavy (non-hydrogen) atoms. The smallest absolute Gasteiger partial charge is 0.268 e. The molecule has 2 aromatic rings. The maximum Gasteiger partial charge on any atom is 0.293 e. The van der Waals surface area contributed by atoms with Crippen molar-refractivity contribution in [1.29, 1.82) is 0 Å². The van der Waals surface area contributed by atoms with Crippen molar-refractivity contribution >= 4 is 75.4 Å². The Morgan fingerprint density at radius 1 is 0.880 bits per heavy atom. The van der Waals surface area contributed by atoms with Gasteiger partial charge >= 0.3 is 0 Å². The van der Waals surface area contributed by atoms with Crippen molar-refractivity contribution in [2.75, 3.05) is 0 Å². The van der Waals surface area contributed by atoms with Crippen molar-refractivity contribution in [2.24, 2.45) is 0 Å². The molecule has 1 aliphatic rings. The molecule has 0 aromatic heterocycles. The summed E-state index contributed by atoms with van der Waals surface area (Å²) in [4.78, 5) is 26.2. The van der Waals surface area contributed by atoms with Crippen molar-refractivity contribution in [3.05, 3.63) is 72.5 Å². The molecule has 128 valence electrons. The van der Waals surface area contributed by atoms with Gasteiger partial charge in [-0.1, -0.05) is 58.5 Å². The maximum absolute atomic E-state index is 12.6. The largest absolute Gasteiger partial charge is 0.293 e. The van der Waals surface area contributed by atoms with Crippen LogP contribution in [0.15, 0.2) is 41.3 Å². The second-order valence-corrected chi connectivity index (χ2v) is 7.73. The number of rotatable bonds is 3. The molecule has 3 nitrogen and oxygen atoms in total. The Kier molecular flexibility index (Phi) is 5.66. The fourth-order valence-corrected chi connectivity index (χ4v) is 4.10. The monoisotopic (exact) mass is 431 g/mol. The lowest BCUT2D eigenvalue weighted by Crippen LogP contribution is -2.27. The molecule has 2 aromatic carbocycles. The lowest BCUT2D eigenvalue weighted by molar-refractivity contribution is -0.123. The molecule has 1 aliphatic heterocycles. The van der Waals surface area contributed by atoms with Gasteiger partial charge in [0.1, 0.15) is 0 Å². The molecule has 0 radical (unpaired) electrons. The van der Waals surface area contributed by atoms with Crippen LogP contribution in [-0.2, 0) is 11.3 Å². The van der Waals surface area contributed by atoms with Crippen LogP contribution in [0.3, 0.4) is 0 Å². The zero-order valence-corrected chi connectivity index (χ0v) is 16.3. The topological polar surface area (TPSA) is 37.4 Å². The number of imide groups is 1. The summed E-state index contributed by atoms with van der Waals surface area (Å²) in [5.41, 5.74) is 1.01. The summed E-state index contributed by atoms with van der Waals surface area (Å²) >= 11 is 25.3. The van der Waals surface area contributed by atoms with Gasteiger partial charge < -0.3 is 0 Å². The average Bonchev–Trinajstić information content (AvgIpc) is 2.81. The lowest BCUT2D eigenvalue weighted by atomic mass is 10.2. The van der Waals surface area contributed by atoms with Gasteiger partial charge in [-0.15, -0.1) is 0 Å². The highest BCUT2D eigenvalue weighted by molar-refractivity contribution is 8.18. The molecular formula is C17H9Cl4NO2S. The van der Waals surface area contributed by atoms with Gasteiger partial charge in [-0.05, 0) is 42.1 Å². The van der Waals surface area contributed by atoms with Gasteiger partial charge in [0.25, 0.3) is 11.1 Å². The van der Waals surface area contributed by atoms with Gasteiger partial charge in [0.15, 0.2) is 0 Å². The summed E-state index contributed by atoms with van der Waals surface area (Å²) in [5, 5.41) is 1.17. The number of nitrogens with zero attached hydrogens (tertiary/aromatic N) is 1. The molecule has 3 rings (SSSR count). The summed E-state index contributed by atoms with van der Waals surface area (Å²) < 4.78 is 0. The zero-order chi connectivity index (χ0) is 18.1. The average molecular weight is 433 g/mol. The van der Waals surface area contributed by atoms with Gasteiger partial charge in [-0.25, -0.2) is 0 Å². The Morgan fingerprint density at radius 2 is 1.40 bits per heavy atom. The first-order valence-corrected chi connectivity index (χ1v) is 9.33. The highest BCUT2D eigenvalue weighted by atomic mass is 35.5. The van der Waals surface area contributed by atoms with E-state index in [2.05, 4.69) is 0 Å². The van der Waals surface area contributed by atoms with E-state index in [1.165, 1.54) is 6.08 Å². The van der Waals surface area contributed by atoms with E-state index >= 15 is 0 Å².